The Morgan fingerprint density at radius 3 is 1.46 bits per heavy atom. The Kier molecular flexibility index (Phi) is 8.60. The number of nitrogens with two attached hydrogens (primary N) is 2. The van der Waals surface area contributed by atoms with Gasteiger partial charge in [-0.1, -0.05) is 60.7 Å². The highest BCUT2D eigenvalue weighted by Gasteiger charge is 2.46. The molecular formula is C22H31ClN2O. The lowest BCUT2D eigenvalue weighted by Crippen LogP contribution is -2.34. The second kappa shape index (κ2) is 10.7. The van der Waals surface area contributed by atoms with Crippen LogP contribution in [0.3, 0.4) is 0 Å². The van der Waals surface area contributed by atoms with Crippen molar-refractivity contribution in [3.05, 3.63) is 71.8 Å². The maximum Gasteiger partial charge on any atom is 0.101 e. The smallest absolute Gasteiger partial charge is 0.101 e. The number of hydrogen-bond acceptors (Lipinski definition) is 3. The van der Waals surface area contributed by atoms with Gasteiger partial charge in [0.05, 0.1) is 0 Å². The molecule has 4 atom stereocenters. The van der Waals surface area contributed by atoms with Gasteiger partial charge in [-0.3, -0.25) is 0 Å². The highest BCUT2D eigenvalue weighted by Crippen LogP contribution is 2.30. The second-order valence-corrected chi connectivity index (χ2v) is 7.15. The van der Waals surface area contributed by atoms with Crippen molar-refractivity contribution in [2.24, 2.45) is 11.5 Å². The Balaban J connectivity index is 0.00000243. The topological polar surface area (TPSA) is 64.6 Å². The third-order valence-corrected chi connectivity index (χ3v) is 5.10. The number of aryl methyl sites for hydroxylation is 2. The summed E-state index contributed by atoms with van der Waals surface area (Å²) in [7, 11) is 0. The first-order valence-electron chi connectivity index (χ1n) is 9.48. The van der Waals surface area contributed by atoms with Crippen LogP contribution < -0.4 is 11.5 Å². The van der Waals surface area contributed by atoms with Gasteiger partial charge in [-0.2, -0.15) is 0 Å². The Bertz CT molecular complexity index is 567. The fourth-order valence-electron chi connectivity index (χ4n) is 3.53. The molecule has 142 valence electrons. The van der Waals surface area contributed by atoms with Gasteiger partial charge in [0.25, 0.3) is 0 Å². The summed E-state index contributed by atoms with van der Waals surface area (Å²) in [4.78, 5) is 0. The van der Waals surface area contributed by atoms with Crippen molar-refractivity contribution in [2.45, 2.75) is 62.8 Å². The van der Waals surface area contributed by atoms with Crippen LogP contribution in [0.5, 0.6) is 0 Å². The van der Waals surface area contributed by atoms with Gasteiger partial charge < -0.3 is 16.2 Å². The molecule has 0 unspecified atom stereocenters. The molecule has 0 bridgehead atoms. The lowest BCUT2D eigenvalue weighted by Gasteiger charge is -2.11. The van der Waals surface area contributed by atoms with Gasteiger partial charge in [0, 0.05) is 12.1 Å². The molecule has 0 aromatic heterocycles. The third-order valence-electron chi connectivity index (χ3n) is 5.10. The molecule has 1 aliphatic heterocycles. The Morgan fingerprint density at radius 2 is 1.08 bits per heavy atom. The fraction of sp³-hybridized carbons (Fsp3) is 0.455. The largest absolute Gasteiger partial charge is 0.366 e. The molecule has 3 nitrogen and oxygen atoms in total. The molecule has 1 aliphatic rings. The van der Waals surface area contributed by atoms with E-state index in [1.54, 1.807) is 0 Å². The van der Waals surface area contributed by atoms with Crippen molar-refractivity contribution in [3.63, 3.8) is 0 Å². The summed E-state index contributed by atoms with van der Waals surface area (Å²) in [5.41, 5.74) is 15.4. The zero-order chi connectivity index (χ0) is 17.5. The van der Waals surface area contributed by atoms with Crippen molar-refractivity contribution in [1.82, 2.24) is 0 Å². The molecule has 1 fully saturated rings. The van der Waals surface area contributed by atoms with Crippen LogP contribution in [0, 0.1) is 0 Å². The van der Waals surface area contributed by atoms with Crippen molar-refractivity contribution in [3.8, 4) is 0 Å². The minimum Gasteiger partial charge on any atom is -0.366 e. The standard InChI is InChI=1S/C22H30N2O.ClH/c23-19(15-7-13-17-9-3-1-4-10-17)21-22(25-21)20(24)16-8-14-18-11-5-2-6-12-18;/h1-6,9-12,19-22H,7-8,13-16,23-24H2;1H/t19-,20-,21-,22+;/m0./s1. The summed E-state index contributed by atoms with van der Waals surface area (Å²) in [6.07, 6.45) is 6.65. The number of halogens is 1. The van der Waals surface area contributed by atoms with E-state index in [1.165, 1.54) is 11.1 Å². The van der Waals surface area contributed by atoms with E-state index in [-0.39, 0.29) is 36.7 Å². The normalized spacial score (nSPS) is 20.8. The van der Waals surface area contributed by atoms with Crippen molar-refractivity contribution in [1.29, 1.82) is 0 Å². The van der Waals surface area contributed by atoms with Gasteiger partial charge in [-0.15, -0.1) is 12.4 Å². The SMILES string of the molecule is Cl.N[C@@H](CCCc1ccccc1)[C@@H]1O[C@@H]1[C@@H](N)CCCc1ccccc1. The van der Waals surface area contributed by atoms with Crippen LogP contribution in [0.25, 0.3) is 0 Å². The van der Waals surface area contributed by atoms with Crippen LogP contribution in [-0.4, -0.2) is 24.3 Å². The van der Waals surface area contributed by atoms with Gasteiger partial charge in [0.2, 0.25) is 0 Å². The van der Waals surface area contributed by atoms with Crippen molar-refractivity contribution < 1.29 is 4.74 Å². The van der Waals surface area contributed by atoms with Crippen molar-refractivity contribution in [2.75, 3.05) is 0 Å². The first-order chi connectivity index (χ1) is 12.2. The predicted octanol–water partition coefficient (Wildman–Crippen LogP) is 3.88. The zero-order valence-corrected chi connectivity index (χ0v) is 16.1. The highest BCUT2D eigenvalue weighted by atomic mass is 35.5. The highest BCUT2D eigenvalue weighted by molar-refractivity contribution is 5.85. The fourth-order valence-corrected chi connectivity index (χ4v) is 3.53. The second-order valence-electron chi connectivity index (χ2n) is 7.15. The number of rotatable bonds is 10. The number of benzene rings is 2. The molecule has 26 heavy (non-hydrogen) atoms. The van der Waals surface area contributed by atoms with E-state index in [0.29, 0.717) is 0 Å². The molecule has 0 aliphatic carbocycles. The van der Waals surface area contributed by atoms with Crippen LogP contribution in [0.2, 0.25) is 0 Å². The molecule has 1 heterocycles. The van der Waals surface area contributed by atoms with Gasteiger partial charge in [-0.25, -0.2) is 0 Å². The molecule has 0 spiro atoms. The third kappa shape index (κ3) is 6.40. The monoisotopic (exact) mass is 374 g/mol. The van der Waals surface area contributed by atoms with E-state index in [0.717, 1.165) is 38.5 Å². The van der Waals surface area contributed by atoms with Gasteiger partial charge >= 0.3 is 0 Å². The Labute approximate surface area is 163 Å². The molecule has 3 rings (SSSR count). The molecular weight excluding hydrogens is 344 g/mol. The first kappa shape index (κ1) is 20.9. The maximum absolute atomic E-state index is 6.31. The summed E-state index contributed by atoms with van der Waals surface area (Å²) in [5, 5.41) is 0. The van der Waals surface area contributed by atoms with Crippen LogP contribution in [0.4, 0.5) is 0 Å². The van der Waals surface area contributed by atoms with Gasteiger partial charge in [0.15, 0.2) is 0 Å². The minimum absolute atomic E-state index is 0. The summed E-state index contributed by atoms with van der Waals surface area (Å²) in [6, 6.07) is 21.3. The molecule has 0 saturated carbocycles. The zero-order valence-electron chi connectivity index (χ0n) is 15.3. The van der Waals surface area contributed by atoms with Gasteiger partial charge in [0.1, 0.15) is 12.2 Å². The first-order valence-corrected chi connectivity index (χ1v) is 9.48. The van der Waals surface area contributed by atoms with Gasteiger partial charge in [-0.05, 0) is 49.7 Å². The molecule has 2 aromatic carbocycles. The Hall–Kier alpha value is -1.39. The lowest BCUT2D eigenvalue weighted by atomic mass is 9.97. The molecule has 4 heteroatoms. The number of epoxide rings is 1. The molecule has 4 N–H and O–H groups in total. The van der Waals surface area contributed by atoms with Crippen LogP contribution in [0.1, 0.15) is 36.8 Å². The van der Waals surface area contributed by atoms with E-state index in [4.69, 9.17) is 16.2 Å². The molecule has 0 radical (unpaired) electrons. The minimum atomic E-state index is 0. The maximum atomic E-state index is 6.31. The summed E-state index contributed by atoms with van der Waals surface area (Å²) in [5.74, 6) is 0. The van der Waals surface area contributed by atoms with Crippen LogP contribution in [0.15, 0.2) is 60.7 Å². The van der Waals surface area contributed by atoms with E-state index in [2.05, 4.69) is 60.7 Å². The van der Waals surface area contributed by atoms with Crippen LogP contribution >= 0.6 is 12.4 Å². The average molecular weight is 375 g/mol. The average Bonchev–Trinajstić information content (AvgIpc) is 3.44. The lowest BCUT2D eigenvalue weighted by molar-refractivity contribution is 0.321. The number of ether oxygens (including phenoxy) is 1. The summed E-state index contributed by atoms with van der Waals surface area (Å²) >= 11 is 0. The molecule has 2 aromatic rings. The van der Waals surface area contributed by atoms with E-state index in [1.807, 2.05) is 0 Å². The van der Waals surface area contributed by atoms with E-state index >= 15 is 0 Å². The van der Waals surface area contributed by atoms with Crippen molar-refractivity contribution >= 4 is 12.4 Å². The molecule has 0 amide bonds. The predicted molar refractivity (Wildman–Crippen MR) is 111 cm³/mol. The Morgan fingerprint density at radius 1 is 0.692 bits per heavy atom. The number of hydrogen-bond donors (Lipinski definition) is 2. The molecule has 1 saturated heterocycles. The van der Waals surface area contributed by atoms with E-state index in [9.17, 15) is 0 Å². The quantitative estimate of drug-likeness (QED) is 0.620. The summed E-state index contributed by atoms with van der Waals surface area (Å²) < 4.78 is 5.80. The van der Waals surface area contributed by atoms with E-state index < -0.39 is 0 Å². The summed E-state index contributed by atoms with van der Waals surface area (Å²) in [6.45, 7) is 0. The van der Waals surface area contributed by atoms with Crippen LogP contribution in [-0.2, 0) is 17.6 Å².